The Labute approximate surface area is 116 Å². The first-order valence-corrected chi connectivity index (χ1v) is 6.19. The molecule has 1 heterocycles. The lowest BCUT2D eigenvalue weighted by molar-refractivity contribution is -0.137. The molecule has 6 nitrogen and oxygen atoms in total. The van der Waals surface area contributed by atoms with Gasteiger partial charge in [-0.05, 0) is 31.2 Å². The van der Waals surface area contributed by atoms with E-state index < -0.39 is 12.0 Å². The molecule has 1 aromatic carbocycles. The highest BCUT2D eigenvalue weighted by molar-refractivity contribution is 5.95. The summed E-state index contributed by atoms with van der Waals surface area (Å²) in [5, 5.41) is 15.4. The first-order valence-electron chi connectivity index (χ1n) is 6.19. The number of carboxylic acids is 1. The molecule has 0 fully saturated rings. The minimum atomic E-state index is -0.942. The van der Waals surface area contributed by atoms with Crippen LogP contribution in [0.4, 0.5) is 0 Å². The zero-order chi connectivity index (χ0) is 14.5. The van der Waals surface area contributed by atoms with Crippen molar-refractivity contribution < 1.29 is 14.7 Å². The quantitative estimate of drug-likeness (QED) is 0.864. The molecule has 0 saturated carbocycles. The monoisotopic (exact) mass is 273 g/mol. The summed E-state index contributed by atoms with van der Waals surface area (Å²) < 4.78 is 1.65. The van der Waals surface area contributed by atoms with Crippen LogP contribution in [0.1, 0.15) is 23.7 Å². The number of carbonyl (C=O) groups is 2. The fourth-order valence-corrected chi connectivity index (χ4v) is 1.83. The van der Waals surface area contributed by atoms with Crippen molar-refractivity contribution in [3.05, 3.63) is 48.3 Å². The molecule has 1 atom stereocenters. The summed E-state index contributed by atoms with van der Waals surface area (Å²) in [6, 6.07) is 8.35. The van der Waals surface area contributed by atoms with Crippen LogP contribution in [-0.2, 0) is 4.79 Å². The van der Waals surface area contributed by atoms with Crippen LogP contribution in [0.25, 0.3) is 5.69 Å². The maximum Gasteiger partial charge on any atom is 0.305 e. The van der Waals surface area contributed by atoms with Crippen molar-refractivity contribution in [2.45, 2.75) is 19.4 Å². The highest BCUT2D eigenvalue weighted by Crippen LogP contribution is 2.10. The number of aliphatic carboxylic acids is 1. The van der Waals surface area contributed by atoms with Crippen molar-refractivity contribution in [2.75, 3.05) is 0 Å². The number of nitrogens with one attached hydrogen (secondary N) is 1. The number of benzene rings is 1. The third-order valence-electron chi connectivity index (χ3n) is 2.74. The molecule has 0 aliphatic rings. The summed E-state index contributed by atoms with van der Waals surface area (Å²) in [4.78, 5) is 22.6. The van der Waals surface area contributed by atoms with Gasteiger partial charge in [0.25, 0.3) is 5.91 Å². The molecule has 2 rings (SSSR count). The van der Waals surface area contributed by atoms with Crippen LogP contribution in [0.5, 0.6) is 0 Å². The van der Waals surface area contributed by atoms with E-state index in [1.807, 2.05) is 6.07 Å². The van der Waals surface area contributed by atoms with E-state index in [0.717, 1.165) is 5.69 Å². The van der Waals surface area contributed by atoms with Gasteiger partial charge < -0.3 is 10.4 Å². The molecule has 2 aromatic rings. The van der Waals surface area contributed by atoms with E-state index in [9.17, 15) is 9.59 Å². The largest absolute Gasteiger partial charge is 0.481 e. The molecular weight excluding hydrogens is 258 g/mol. The first kappa shape index (κ1) is 13.8. The van der Waals surface area contributed by atoms with Crippen LogP contribution in [0.15, 0.2) is 42.7 Å². The van der Waals surface area contributed by atoms with Crippen LogP contribution in [0, 0.1) is 0 Å². The van der Waals surface area contributed by atoms with E-state index >= 15 is 0 Å². The lowest BCUT2D eigenvalue weighted by Crippen LogP contribution is -2.34. The molecule has 0 aliphatic heterocycles. The van der Waals surface area contributed by atoms with Gasteiger partial charge in [0.1, 0.15) is 0 Å². The normalized spacial score (nSPS) is 11.8. The minimum absolute atomic E-state index is 0.107. The summed E-state index contributed by atoms with van der Waals surface area (Å²) in [5.74, 6) is -1.24. The highest BCUT2D eigenvalue weighted by atomic mass is 16.4. The lowest BCUT2D eigenvalue weighted by Gasteiger charge is -2.12. The fraction of sp³-hybridized carbons (Fsp3) is 0.214. The molecule has 0 bridgehead atoms. The number of hydrogen-bond donors (Lipinski definition) is 2. The van der Waals surface area contributed by atoms with Crippen LogP contribution in [0.2, 0.25) is 0 Å². The molecule has 0 saturated heterocycles. The van der Waals surface area contributed by atoms with Crippen LogP contribution in [0.3, 0.4) is 0 Å². The summed E-state index contributed by atoms with van der Waals surface area (Å²) in [7, 11) is 0. The molecule has 104 valence electrons. The number of rotatable bonds is 5. The van der Waals surface area contributed by atoms with Gasteiger partial charge >= 0.3 is 5.97 Å². The second kappa shape index (κ2) is 6.01. The Morgan fingerprint density at radius 3 is 2.85 bits per heavy atom. The van der Waals surface area contributed by atoms with Gasteiger partial charge in [-0.25, -0.2) is 4.68 Å². The second-order valence-electron chi connectivity index (χ2n) is 4.47. The Morgan fingerprint density at radius 2 is 2.20 bits per heavy atom. The van der Waals surface area contributed by atoms with Crippen molar-refractivity contribution in [2.24, 2.45) is 0 Å². The Hall–Kier alpha value is -2.63. The third kappa shape index (κ3) is 3.44. The molecule has 1 unspecified atom stereocenters. The van der Waals surface area contributed by atoms with Gasteiger partial charge in [-0.3, -0.25) is 9.59 Å². The van der Waals surface area contributed by atoms with E-state index in [4.69, 9.17) is 5.11 Å². The molecule has 1 aromatic heterocycles. The zero-order valence-corrected chi connectivity index (χ0v) is 11.0. The summed E-state index contributed by atoms with van der Waals surface area (Å²) in [6.07, 6.45) is 3.33. The topological polar surface area (TPSA) is 84.2 Å². The number of carbonyl (C=O) groups excluding carboxylic acids is 1. The number of amides is 1. The molecular formula is C14H15N3O3. The summed E-state index contributed by atoms with van der Waals surface area (Å²) in [6.45, 7) is 1.66. The van der Waals surface area contributed by atoms with Crippen LogP contribution < -0.4 is 5.32 Å². The van der Waals surface area contributed by atoms with Gasteiger partial charge in [0.15, 0.2) is 0 Å². The predicted molar refractivity (Wildman–Crippen MR) is 72.7 cm³/mol. The Morgan fingerprint density at radius 1 is 1.40 bits per heavy atom. The molecule has 1 amide bonds. The summed E-state index contributed by atoms with van der Waals surface area (Å²) >= 11 is 0. The van der Waals surface area contributed by atoms with E-state index in [2.05, 4.69) is 10.4 Å². The number of hydrogen-bond acceptors (Lipinski definition) is 3. The summed E-state index contributed by atoms with van der Waals surface area (Å²) in [5.41, 5.74) is 1.24. The van der Waals surface area contributed by atoms with Crippen molar-refractivity contribution in [3.63, 3.8) is 0 Å². The van der Waals surface area contributed by atoms with E-state index in [1.54, 1.807) is 48.3 Å². The van der Waals surface area contributed by atoms with Crippen molar-refractivity contribution in [1.29, 1.82) is 0 Å². The Balaban J connectivity index is 2.11. The highest BCUT2D eigenvalue weighted by Gasteiger charge is 2.13. The predicted octanol–water partition coefficient (Wildman–Crippen LogP) is 1.47. The van der Waals surface area contributed by atoms with E-state index in [-0.39, 0.29) is 12.3 Å². The second-order valence-corrected chi connectivity index (χ2v) is 4.47. The molecule has 0 radical (unpaired) electrons. The van der Waals surface area contributed by atoms with Gasteiger partial charge in [0.2, 0.25) is 0 Å². The zero-order valence-electron chi connectivity index (χ0n) is 11.0. The molecule has 0 aliphatic carbocycles. The van der Waals surface area contributed by atoms with Gasteiger partial charge in [-0.15, -0.1) is 0 Å². The molecule has 0 spiro atoms. The average molecular weight is 273 g/mol. The number of carboxylic acid groups (broad SMARTS) is 1. The lowest BCUT2D eigenvalue weighted by atomic mass is 10.1. The van der Waals surface area contributed by atoms with Gasteiger partial charge in [-0.2, -0.15) is 5.10 Å². The van der Waals surface area contributed by atoms with Gasteiger partial charge in [-0.1, -0.05) is 6.07 Å². The van der Waals surface area contributed by atoms with Crippen LogP contribution >= 0.6 is 0 Å². The maximum atomic E-state index is 12.0. The Kier molecular flexibility index (Phi) is 4.14. The van der Waals surface area contributed by atoms with Crippen molar-refractivity contribution in [1.82, 2.24) is 15.1 Å². The smallest absolute Gasteiger partial charge is 0.305 e. The maximum absolute atomic E-state index is 12.0. The van der Waals surface area contributed by atoms with Crippen molar-refractivity contribution in [3.8, 4) is 5.69 Å². The first-order chi connectivity index (χ1) is 9.56. The van der Waals surface area contributed by atoms with Crippen LogP contribution in [-0.4, -0.2) is 32.8 Å². The Bertz CT molecular complexity index is 608. The SMILES string of the molecule is CC(CC(=O)O)NC(=O)c1cccc(-n2cccn2)c1. The van der Waals surface area contributed by atoms with Gasteiger partial charge in [0.05, 0.1) is 12.1 Å². The molecule has 20 heavy (non-hydrogen) atoms. The van der Waals surface area contributed by atoms with Gasteiger partial charge in [0, 0.05) is 24.0 Å². The van der Waals surface area contributed by atoms with E-state index in [0.29, 0.717) is 5.56 Å². The van der Waals surface area contributed by atoms with Crippen molar-refractivity contribution >= 4 is 11.9 Å². The average Bonchev–Trinajstić information content (AvgIpc) is 2.91. The standard InChI is InChI=1S/C14H15N3O3/c1-10(8-13(18)19)16-14(20)11-4-2-5-12(9-11)17-7-3-6-15-17/h2-7,9-10H,8H2,1H3,(H,16,20)(H,18,19). The number of nitrogens with zero attached hydrogens (tertiary/aromatic N) is 2. The molecule has 6 heteroatoms. The molecule has 2 N–H and O–H groups in total. The van der Waals surface area contributed by atoms with E-state index in [1.165, 1.54) is 0 Å². The third-order valence-corrected chi connectivity index (χ3v) is 2.74. The number of aromatic nitrogens is 2. The minimum Gasteiger partial charge on any atom is -0.481 e. The fourth-order valence-electron chi connectivity index (χ4n) is 1.83.